The molecule has 2 aliphatic carbocycles. The molecule has 2 saturated heterocycles. The molecule has 0 aromatic rings. The van der Waals surface area contributed by atoms with E-state index in [9.17, 15) is 28.8 Å². The van der Waals surface area contributed by atoms with Crippen molar-refractivity contribution in [3.05, 3.63) is 0 Å². The van der Waals surface area contributed by atoms with Crippen LogP contribution < -0.4 is 16.1 Å². The first-order valence-electron chi connectivity index (χ1n) is 17.9. The number of amides is 7. The average Bonchev–Trinajstić information content (AvgIpc) is 3.35. The molecule has 2 unspecified atom stereocenters. The highest BCUT2D eigenvalue weighted by atomic mass is 16.6. The van der Waals surface area contributed by atoms with Crippen molar-refractivity contribution in [1.82, 2.24) is 30.9 Å². The van der Waals surface area contributed by atoms with Crippen molar-refractivity contribution >= 4 is 35.8 Å². The number of nitrogens with one attached hydrogen (secondary N) is 3. The van der Waals surface area contributed by atoms with Gasteiger partial charge in [0, 0.05) is 31.5 Å². The molecular weight excluding hydrogens is 628 g/mol. The zero-order chi connectivity index (χ0) is 37.0. The van der Waals surface area contributed by atoms with Crippen LogP contribution >= 0.6 is 0 Å². The first-order valence-corrected chi connectivity index (χ1v) is 17.9. The van der Waals surface area contributed by atoms with Gasteiger partial charge in [-0.15, -0.1) is 0 Å². The molecular formula is C36H60N6O7. The summed E-state index contributed by atoms with van der Waals surface area (Å²) in [4.78, 5) is 84.1. The summed E-state index contributed by atoms with van der Waals surface area (Å²) in [6.07, 6.45) is 1.92. The molecule has 7 amide bonds. The van der Waals surface area contributed by atoms with E-state index >= 15 is 0 Å². The van der Waals surface area contributed by atoms with Crippen molar-refractivity contribution in [2.24, 2.45) is 39.9 Å². The Hall–Kier alpha value is -3.38. The maximum Gasteiger partial charge on any atom is 0.429 e. The zero-order valence-corrected chi connectivity index (χ0v) is 31.7. The normalized spacial score (nSPS) is 27.2. The van der Waals surface area contributed by atoms with E-state index in [0.29, 0.717) is 32.2 Å². The summed E-state index contributed by atoms with van der Waals surface area (Å²) in [6, 6.07) is -3.03. The molecule has 2 bridgehead atoms. The molecule has 7 atom stereocenters. The Labute approximate surface area is 291 Å². The Kier molecular flexibility index (Phi) is 10.5. The third-order valence-electron chi connectivity index (χ3n) is 10.8. The van der Waals surface area contributed by atoms with E-state index in [1.54, 1.807) is 25.7 Å². The summed E-state index contributed by atoms with van der Waals surface area (Å²) < 4.78 is 5.52. The van der Waals surface area contributed by atoms with Gasteiger partial charge < -0.3 is 20.3 Å². The van der Waals surface area contributed by atoms with Crippen LogP contribution in [0.15, 0.2) is 0 Å². The van der Waals surface area contributed by atoms with Gasteiger partial charge in [0.2, 0.25) is 17.7 Å². The summed E-state index contributed by atoms with van der Waals surface area (Å²) in [5.41, 5.74) is 0.557. The minimum Gasteiger partial charge on any atom is -0.442 e. The van der Waals surface area contributed by atoms with Gasteiger partial charge in [-0.2, -0.15) is 0 Å². The van der Waals surface area contributed by atoms with Crippen LogP contribution in [0.1, 0.15) is 109 Å². The highest BCUT2D eigenvalue weighted by Gasteiger charge is 2.70. The first kappa shape index (κ1) is 38.4. The van der Waals surface area contributed by atoms with Crippen molar-refractivity contribution in [1.29, 1.82) is 0 Å². The highest BCUT2D eigenvalue weighted by molar-refractivity contribution is 6.01. The Morgan fingerprint density at radius 3 is 1.98 bits per heavy atom. The maximum absolute atomic E-state index is 14.4. The molecule has 3 N–H and O–H groups in total. The average molecular weight is 689 g/mol. The lowest BCUT2D eigenvalue weighted by Gasteiger charge is -2.40. The molecule has 0 spiro atoms. The van der Waals surface area contributed by atoms with Crippen LogP contribution in [0, 0.1) is 39.9 Å². The molecule has 2 aliphatic heterocycles. The third kappa shape index (κ3) is 8.17. The summed E-state index contributed by atoms with van der Waals surface area (Å²) in [5, 5.41) is 7.04. The Bertz CT molecular complexity index is 1320. The predicted octanol–water partition coefficient (Wildman–Crippen LogP) is 4.06. The summed E-state index contributed by atoms with van der Waals surface area (Å²) in [6.45, 7) is 23.2. The fraction of sp³-hybridized carbons (Fsp3) is 0.833. The lowest BCUT2D eigenvalue weighted by molar-refractivity contribution is -0.153. The van der Waals surface area contributed by atoms with Crippen LogP contribution in [-0.2, 0) is 23.9 Å². The van der Waals surface area contributed by atoms with E-state index in [4.69, 9.17) is 4.74 Å². The largest absolute Gasteiger partial charge is 0.442 e. The Morgan fingerprint density at radius 2 is 1.49 bits per heavy atom. The third-order valence-corrected chi connectivity index (χ3v) is 10.8. The number of hydrogen-bond donors (Lipinski definition) is 3. The van der Waals surface area contributed by atoms with Crippen molar-refractivity contribution in [3.63, 3.8) is 0 Å². The monoisotopic (exact) mass is 688 g/mol. The Morgan fingerprint density at radius 1 is 0.918 bits per heavy atom. The zero-order valence-electron chi connectivity index (χ0n) is 31.7. The summed E-state index contributed by atoms with van der Waals surface area (Å²) in [7, 11) is 0. The van der Waals surface area contributed by atoms with E-state index in [1.165, 1.54) is 9.91 Å². The number of nitrogens with zero attached hydrogens (tertiary/aromatic N) is 3. The van der Waals surface area contributed by atoms with Gasteiger partial charge >= 0.3 is 12.1 Å². The standard InChI is InChI=1S/C36H60N6O7/c1-13-16-42(32(48)49-35(8,9)10)39-27(43)25-24-22(36(24,11)12)18-40(25)30(46)26(34(5,6)7)38-31(47)37-23(33(2,3)4)19-41-28(44)20-14-15-21(17-20)29(41)45/h20-26H,13-19H2,1-12H3,(H,39,43)(H2,37,38,47)/t20?,21?,22-,23+,24-,25-,26+/m0/s1. The van der Waals surface area contributed by atoms with Crippen LogP contribution in [0.4, 0.5) is 9.59 Å². The van der Waals surface area contributed by atoms with Crippen molar-refractivity contribution < 1.29 is 33.5 Å². The van der Waals surface area contributed by atoms with Gasteiger partial charge in [0.25, 0.3) is 5.91 Å². The number of hydrogen-bond acceptors (Lipinski definition) is 7. The molecule has 4 aliphatic rings. The molecule has 2 saturated carbocycles. The topological polar surface area (TPSA) is 157 Å². The fourth-order valence-corrected chi connectivity index (χ4v) is 7.77. The van der Waals surface area contributed by atoms with Gasteiger partial charge in [-0.25, -0.2) is 14.6 Å². The van der Waals surface area contributed by atoms with Crippen molar-refractivity contribution in [3.8, 4) is 0 Å². The number of hydrazine groups is 1. The van der Waals surface area contributed by atoms with E-state index in [1.807, 2.05) is 48.5 Å². The number of likely N-dealkylation sites (tertiary alicyclic amines) is 2. The van der Waals surface area contributed by atoms with E-state index < -0.39 is 58.5 Å². The first-order chi connectivity index (χ1) is 22.4. The van der Waals surface area contributed by atoms with E-state index in [0.717, 1.165) is 0 Å². The number of carbonyl (C=O) groups is 6. The van der Waals surface area contributed by atoms with Crippen LogP contribution in [0.3, 0.4) is 0 Å². The molecule has 13 nitrogen and oxygen atoms in total. The Balaban J connectivity index is 1.52. The second-order valence-corrected chi connectivity index (χ2v) is 18.3. The number of rotatable bonds is 8. The van der Waals surface area contributed by atoms with Crippen molar-refractivity contribution in [2.75, 3.05) is 19.6 Å². The second-order valence-electron chi connectivity index (χ2n) is 18.3. The van der Waals surface area contributed by atoms with Crippen LogP contribution in [0.25, 0.3) is 0 Å². The molecule has 0 aromatic carbocycles. The number of fused-ring (bicyclic) bond motifs is 3. The summed E-state index contributed by atoms with van der Waals surface area (Å²) >= 11 is 0. The lowest BCUT2D eigenvalue weighted by Crippen LogP contribution is -2.63. The van der Waals surface area contributed by atoms with E-state index in [-0.39, 0.29) is 54.0 Å². The van der Waals surface area contributed by atoms with E-state index in [2.05, 4.69) is 29.9 Å². The maximum atomic E-state index is 14.4. The summed E-state index contributed by atoms with van der Waals surface area (Å²) in [5.74, 6) is -1.56. The molecule has 0 radical (unpaired) electrons. The van der Waals surface area contributed by atoms with Crippen molar-refractivity contribution in [2.45, 2.75) is 132 Å². The molecule has 276 valence electrons. The number of carbonyl (C=O) groups excluding carboxylic acids is 6. The fourth-order valence-electron chi connectivity index (χ4n) is 7.77. The molecule has 4 rings (SSSR count). The van der Waals surface area contributed by atoms with Crippen LogP contribution in [0.5, 0.6) is 0 Å². The van der Waals surface area contributed by atoms with Gasteiger partial charge in [-0.3, -0.25) is 29.5 Å². The minimum atomic E-state index is -1.00. The number of ether oxygens (including phenoxy) is 1. The minimum absolute atomic E-state index is 0.0500. The lowest BCUT2D eigenvalue weighted by atomic mass is 9.84. The van der Waals surface area contributed by atoms with Gasteiger partial charge in [0.05, 0.1) is 6.04 Å². The van der Waals surface area contributed by atoms with Gasteiger partial charge in [-0.05, 0) is 74.5 Å². The number of urea groups is 1. The molecule has 13 heteroatoms. The quantitative estimate of drug-likeness (QED) is 0.256. The van der Waals surface area contributed by atoms with Gasteiger partial charge in [0.15, 0.2) is 0 Å². The molecule has 2 heterocycles. The second kappa shape index (κ2) is 13.4. The van der Waals surface area contributed by atoms with Crippen LogP contribution in [-0.4, -0.2) is 93.9 Å². The highest BCUT2D eigenvalue weighted by Crippen LogP contribution is 2.65. The number of imide groups is 1. The van der Waals surface area contributed by atoms with Gasteiger partial charge in [-0.1, -0.05) is 62.3 Å². The van der Waals surface area contributed by atoms with Crippen LogP contribution in [0.2, 0.25) is 0 Å². The smallest absolute Gasteiger partial charge is 0.429 e. The molecule has 4 fully saturated rings. The van der Waals surface area contributed by atoms with Gasteiger partial charge in [0.1, 0.15) is 17.7 Å². The predicted molar refractivity (Wildman–Crippen MR) is 183 cm³/mol. The number of piperidine rings is 2. The SMILES string of the molecule is CCCN(NC(=O)[C@@H]1[C@@H]2[C@H](CN1C(=O)[C@@H](NC(=O)N[C@H](CN1C(=O)C3CCC(C3)C1=O)C(C)(C)C)C(C)(C)C)C2(C)C)C(=O)OC(C)(C)C. The molecule has 49 heavy (non-hydrogen) atoms. The molecule has 0 aromatic heterocycles.